The monoisotopic (exact) mass is 780 g/mol. The van der Waals surface area contributed by atoms with E-state index < -0.39 is 0 Å². The second-order valence-electron chi connectivity index (χ2n) is 13.3. The molecule has 4 aliphatic heterocycles. The number of nitrogens with one attached hydrogen (secondary N) is 3. The van der Waals surface area contributed by atoms with Crippen LogP contribution in [0.4, 0.5) is 29.7 Å². The average molecular weight is 781 g/mol. The van der Waals surface area contributed by atoms with Crippen LogP contribution in [-0.4, -0.2) is 62.4 Å². The molecule has 4 heterocycles. The number of thioether (sulfide) groups is 2. The number of aryl methyl sites for hydroxylation is 2. The number of benzene rings is 4. The summed E-state index contributed by atoms with van der Waals surface area (Å²) in [5.74, 6) is 0.120. The molecular formula is C40H38F2N8O3S2. The van der Waals surface area contributed by atoms with Crippen LogP contribution in [-0.2, 0) is 12.8 Å². The fraction of sp³-hybridized carbons (Fsp3) is 0.250. The minimum atomic E-state index is -0.336. The topological polar surface area (TPSA) is 146 Å². The van der Waals surface area contributed by atoms with Crippen molar-refractivity contribution in [1.82, 2.24) is 10.9 Å². The molecule has 55 heavy (non-hydrogen) atoms. The molecular weight excluding hydrogens is 743 g/mol. The van der Waals surface area contributed by atoms with Gasteiger partial charge in [0, 0.05) is 35.6 Å². The van der Waals surface area contributed by atoms with Crippen molar-refractivity contribution in [2.45, 2.75) is 50.0 Å². The molecule has 0 spiro atoms. The highest BCUT2D eigenvalue weighted by molar-refractivity contribution is 8.15. The highest BCUT2D eigenvalue weighted by Crippen LogP contribution is 2.33. The number of hydrogen-bond acceptors (Lipinski definition) is 9. The summed E-state index contributed by atoms with van der Waals surface area (Å²) in [5, 5.41) is 29.8. The standard InChI is InChI=1S/C20H19FN4O2S.C20H19FN4OS/c1-12-18(22-23-20(26)28-12)15-6-9-17-14(11-15)3-2-10-25(17)19(24-27)13-4-7-16(21)8-5-13;1-12-18(23-24-20(26)27-12)15-6-9-17-14(11-15)3-2-10-25(17)19(22)13-4-7-16(21)8-5-13/h4-9,11-12,27H,2-3,10H2,1H3,(H,23,26);4-9,11-12,22H,2-3,10H2,1H3,(H,24,26)/b24-19-;. The van der Waals surface area contributed by atoms with Gasteiger partial charge in [0.1, 0.15) is 17.5 Å². The first kappa shape index (κ1) is 37.8. The highest BCUT2D eigenvalue weighted by atomic mass is 32.2. The Hall–Kier alpha value is -5.54. The number of oxime groups is 1. The number of halogens is 2. The second kappa shape index (κ2) is 16.4. The third-order valence-corrected chi connectivity index (χ3v) is 11.5. The normalized spacial score (nSPS) is 19.5. The van der Waals surface area contributed by atoms with Gasteiger partial charge in [0.05, 0.1) is 21.9 Å². The maximum atomic E-state index is 13.3. The Morgan fingerprint density at radius 3 is 1.65 bits per heavy atom. The Morgan fingerprint density at radius 1 is 0.727 bits per heavy atom. The number of carbonyl (C=O) groups is 2. The maximum Gasteiger partial charge on any atom is 0.299 e. The lowest BCUT2D eigenvalue weighted by Crippen LogP contribution is -2.36. The first-order valence-electron chi connectivity index (χ1n) is 17.8. The van der Waals surface area contributed by atoms with Crippen LogP contribution in [0.1, 0.15) is 60.1 Å². The van der Waals surface area contributed by atoms with E-state index in [1.165, 1.54) is 47.8 Å². The number of anilines is 2. The Labute approximate surface area is 325 Å². The van der Waals surface area contributed by atoms with Crippen LogP contribution in [0.15, 0.2) is 100 Å². The van der Waals surface area contributed by atoms with E-state index >= 15 is 0 Å². The van der Waals surface area contributed by atoms with Crippen molar-refractivity contribution in [1.29, 1.82) is 5.41 Å². The van der Waals surface area contributed by atoms with E-state index in [0.717, 1.165) is 77.3 Å². The molecule has 0 radical (unpaired) electrons. The predicted molar refractivity (Wildman–Crippen MR) is 216 cm³/mol. The quantitative estimate of drug-likeness (QED) is 0.0709. The largest absolute Gasteiger partial charge is 0.409 e. The average Bonchev–Trinajstić information content (AvgIpc) is 3.18. The van der Waals surface area contributed by atoms with Gasteiger partial charge in [-0.2, -0.15) is 10.2 Å². The second-order valence-corrected chi connectivity index (χ2v) is 15.9. The number of amidine groups is 2. The summed E-state index contributed by atoms with van der Waals surface area (Å²) in [7, 11) is 0. The summed E-state index contributed by atoms with van der Waals surface area (Å²) >= 11 is 2.44. The zero-order valence-electron chi connectivity index (χ0n) is 30.1. The zero-order chi connectivity index (χ0) is 38.6. The molecule has 282 valence electrons. The third kappa shape index (κ3) is 8.27. The number of fused-ring (bicyclic) bond motifs is 2. The minimum Gasteiger partial charge on any atom is -0.409 e. The van der Waals surface area contributed by atoms with Crippen molar-refractivity contribution in [3.05, 3.63) is 130 Å². The molecule has 11 nitrogen and oxygen atoms in total. The van der Waals surface area contributed by atoms with Crippen molar-refractivity contribution in [2.75, 3.05) is 22.9 Å². The maximum absolute atomic E-state index is 13.3. The summed E-state index contributed by atoms with van der Waals surface area (Å²) in [4.78, 5) is 26.8. The molecule has 15 heteroatoms. The predicted octanol–water partition coefficient (Wildman–Crippen LogP) is 8.12. The Kier molecular flexibility index (Phi) is 11.3. The van der Waals surface area contributed by atoms with Crippen LogP contribution in [0.3, 0.4) is 0 Å². The number of hydrazone groups is 2. The van der Waals surface area contributed by atoms with Crippen LogP contribution in [0.5, 0.6) is 0 Å². The smallest absolute Gasteiger partial charge is 0.299 e. The summed E-state index contributed by atoms with van der Waals surface area (Å²) < 4.78 is 26.4. The van der Waals surface area contributed by atoms with Gasteiger partial charge in [-0.1, -0.05) is 40.8 Å². The number of carbonyl (C=O) groups excluding carboxylic acids is 2. The van der Waals surface area contributed by atoms with E-state index in [-0.39, 0.29) is 32.6 Å². The van der Waals surface area contributed by atoms with Gasteiger partial charge in [0.2, 0.25) is 0 Å². The van der Waals surface area contributed by atoms with Gasteiger partial charge in [0.25, 0.3) is 10.5 Å². The van der Waals surface area contributed by atoms with Gasteiger partial charge in [-0.05, 0) is 135 Å². The van der Waals surface area contributed by atoms with Gasteiger partial charge >= 0.3 is 0 Å². The van der Waals surface area contributed by atoms with Crippen LogP contribution in [0.25, 0.3) is 0 Å². The molecule has 2 amide bonds. The Balaban J connectivity index is 0.000000169. The lowest BCUT2D eigenvalue weighted by molar-refractivity contribution is 0.260. The first-order chi connectivity index (χ1) is 26.6. The van der Waals surface area contributed by atoms with Crippen LogP contribution in [0.2, 0.25) is 0 Å². The van der Waals surface area contributed by atoms with Crippen molar-refractivity contribution in [3.8, 4) is 0 Å². The van der Waals surface area contributed by atoms with Gasteiger partial charge in [-0.3, -0.25) is 15.0 Å². The summed E-state index contributed by atoms with van der Waals surface area (Å²) in [6.07, 6.45) is 3.65. The van der Waals surface area contributed by atoms with Gasteiger partial charge in [0.15, 0.2) is 5.84 Å². The molecule has 0 aliphatic carbocycles. The van der Waals surface area contributed by atoms with E-state index in [1.807, 2.05) is 47.9 Å². The van der Waals surface area contributed by atoms with E-state index in [0.29, 0.717) is 29.3 Å². The fourth-order valence-electron chi connectivity index (χ4n) is 7.07. The highest BCUT2D eigenvalue weighted by Gasteiger charge is 2.28. The van der Waals surface area contributed by atoms with Crippen molar-refractivity contribution >= 4 is 68.5 Å². The van der Waals surface area contributed by atoms with Crippen LogP contribution in [0, 0.1) is 17.0 Å². The van der Waals surface area contributed by atoms with Gasteiger partial charge in [-0.15, -0.1) is 0 Å². The van der Waals surface area contributed by atoms with E-state index in [2.05, 4.69) is 38.3 Å². The zero-order valence-corrected chi connectivity index (χ0v) is 31.7. The minimum absolute atomic E-state index is 0.00555. The van der Waals surface area contributed by atoms with E-state index in [4.69, 9.17) is 5.41 Å². The molecule has 2 atom stereocenters. The number of amides is 2. The fourth-order valence-corrected chi connectivity index (χ4v) is 8.51. The molecule has 4 aliphatic rings. The molecule has 0 bridgehead atoms. The molecule has 4 aromatic rings. The summed E-state index contributed by atoms with van der Waals surface area (Å²) in [6, 6.07) is 24.1. The molecule has 0 aromatic heterocycles. The first-order valence-corrected chi connectivity index (χ1v) is 19.6. The number of rotatable bonds is 4. The van der Waals surface area contributed by atoms with Crippen molar-refractivity contribution in [2.24, 2.45) is 15.4 Å². The lowest BCUT2D eigenvalue weighted by Gasteiger charge is -2.32. The molecule has 2 unspecified atom stereocenters. The number of nitrogens with zero attached hydrogens (tertiary/aromatic N) is 5. The van der Waals surface area contributed by atoms with Crippen molar-refractivity contribution in [3.63, 3.8) is 0 Å². The SMILES string of the molecule is CC1SC(=O)NN=C1c1ccc2c(c1)CCCN2/C(=N\O)c1ccc(F)cc1.CC1SC(=O)NN=C1c1ccc2c(c1)CCCN2C(=N)c1ccc(F)cc1. The molecule has 0 fully saturated rings. The molecule has 4 aromatic carbocycles. The molecule has 4 N–H and O–H groups in total. The van der Waals surface area contributed by atoms with Gasteiger partial charge < -0.3 is 15.0 Å². The van der Waals surface area contributed by atoms with E-state index in [1.54, 1.807) is 24.3 Å². The van der Waals surface area contributed by atoms with Crippen LogP contribution < -0.4 is 20.7 Å². The van der Waals surface area contributed by atoms with Crippen molar-refractivity contribution < 1.29 is 23.6 Å². The summed E-state index contributed by atoms with van der Waals surface area (Å²) in [6.45, 7) is 5.38. The lowest BCUT2D eigenvalue weighted by atomic mass is 9.96. The van der Waals surface area contributed by atoms with E-state index in [9.17, 15) is 23.6 Å². The van der Waals surface area contributed by atoms with Gasteiger partial charge in [-0.25, -0.2) is 19.6 Å². The Morgan fingerprint density at radius 2 is 1.18 bits per heavy atom. The molecule has 0 saturated heterocycles. The third-order valence-electron chi connectivity index (χ3n) is 9.70. The van der Waals surface area contributed by atoms with Crippen LogP contribution >= 0.6 is 23.5 Å². The Bertz CT molecular complexity index is 2230. The number of hydrogen-bond donors (Lipinski definition) is 4. The summed E-state index contributed by atoms with van der Waals surface area (Å²) in [5.41, 5.74) is 14.3. The molecule has 8 rings (SSSR count). The molecule has 0 saturated carbocycles.